The molecule has 0 bridgehead atoms. The van der Waals surface area contributed by atoms with E-state index in [4.69, 9.17) is 9.47 Å². The number of aromatic nitrogens is 2. The van der Waals surface area contributed by atoms with Gasteiger partial charge in [0.25, 0.3) is 5.56 Å². The lowest BCUT2D eigenvalue weighted by atomic mass is 10.2. The molecule has 1 N–H and O–H groups in total. The van der Waals surface area contributed by atoms with Gasteiger partial charge in [0.1, 0.15) is 28.1 Å². The Balaban J connectivity index is 1.61. The Kier molecular flexibility index (Phi) is 7.35. The number of H-pyrrole nitrogens is 1. The van der Waals surface area contributed by atoms with Gasteiger partial charge in [-0.3, -0.25) is 9.69 Å². The van der Waals surface area contributed by atoms with E-state index in [0.717, 1.165) is 10.6 Å². The smallest absolute Gasteiger partial charge is 0.345 e. The van der Waals surface area contributed by atoms with Gasteiger partial charge in [0, 0.05) is 32.4 Å². The van der Waals surface area contributed by atoms with Crippen molar-refractivity contribution in [3.8, 4) is 5.75 Å². The van der Waals surface area contributed by atoms with Gasteiger partial charge >= 0.3 is 5.97 Å². The van der Waals surface area contributed by atoms with Crippen LogP contribution in [0, 0.1) is 0 Å². The monoisotopic (exact) mass is 434 g/mol. The van der Waals surface area contributed by atoms with Crippen molar-refractivity contribution in [2.24, 2.45) is 0 Å². The van der Waals surface area contributed by atoms with Gasteiger partial charge in [-0.15, -0.1) is 0 Å². The molecule has 0 amide bonds. The fourth-order valence-corrected chi connectivity index (χ4v) is 4.41. The summed E-state index contributed by atoms with van der Waals surface area (Å²) in [4.78, 5) is 33.8. The second kappa shape index (κ2) is 9.96. The van der Waals surface area contributed by atoms with Crippen molar-refractivity contribution < 1.29 is 18.5 Å². The van der Waals surface area contributed by atoms with Crippen LogP contribution in [0.4, 0.5) is 0 Å². The Bertz CT molecular complexity index is 954. The van der Waals surface area contributed by atoms with E-state index in [-0.39, 0.29) is 18.2 Å². The number of rotatable bonds is 7. The SMILES string of the molecule is CCOC(=O)c1cnc(C(C)N2CCN(S(=O)c3ccc(OC)cc3)CC2)[nH]c1=O. The Morgan fingerprint density at radius 2 is 1.90 bits per heavy atom. The molecular formula is C20H26N4O5S. The van der Waals surface area contributed by atoms with Crippen molar-refractivity contribution in [1.29, 1.82) is 0 Å². The first-order valence-electron chi connectivity index (χ1n) is 9.75. The Morgan fingerprint density at radius 3 is 2.47 bits per heavy atom. The molecule has 0 radical (unpaired) electrons. The Morgan fingerprint density at radius 1 is 1.23 bits per heavy atom. The van der Waals surface area contributed by atoms with Crippen LogP contribution >= 0.6 is 0 Å². The lowest BCUT2D eigenvalue weighted by Gasteiger charge is -2.36. The van der Waals surface area contributed by atoms with Crippen LogP contribution in [0.5, 0.6) is 5.75 Å². The lowest BCUT2D eigenvalue weighted by Crippen LogP contribution is -2.48. The highest BCUT2D eigenvalue weighted by molar-refractivity contribution is 7.82. The third kappa shape index (κ3) is 4.94. The van der Waals surface area contributed by atoms with Gasteiger partial charge in [0.05, 0.1) is 24.7 Å². The number of nitrogens with zero attached hydrogens (tertiary/aromatic N) is 3. The minimum absolute atomic E-state index is 0.104. The summed E-state index contributed by atoms with van der Waals surface area (Å²) in [6.45, 7) is 6.40. The molecule has 2 unspecified atom stereocenters. The predicted molar refractivity (Wildman–Crippen MR) is 112 cm³/mol. The van der Waals surface area contributed by atoms with E-state index >= 15 is 0 Å². The van der Waals surface area contributed by atoms with Crippen LogP contribution < -0.4 is 10.3 Å². The van der Waals surface area contributed by atoms with Crippen LogP contribution in [0.25, 0.3) is 0 Å². The molecule has 2 atom stereocenters. The van der Waals surface area contributed by atoms with E-state index < -0.39 is 22.5 Å². The molecule has 3 rings (SSSR count). The van der Waals surface area contributed by atoms with Crippen LogP contribution in [0.3, 0.4) is 0 Å². The zero-order valence-corrected chi connectivity index (χ0v) is 18.1. The van der Waals surface area contributed by atoms with Crippen molar-refractivity contribution in [2.45, 2.75) is 24.8 Å². The molecule has 2 aromatic rings. The fourth-order valence-electron chi connectivity index (χ4n) is 3.25. The zero-order chi connectivity index (χ0) is 21.7. The summed E-state index contributed by atoms with van der Waals surface area (Å²) in [7, 11) is 0.355. The second-order valence-corrected chi connectivity index (χ2v) is 8.28. The van der Waals surface area contributed by atoms with E-state index in [2.05, 4.69) is 14.9 Å². The van der Waals surface area contributed by atoms with Gasteiger partial charge < -0.3 is 14.5 Å². The number of benzene rings is 1. The lowest BCUT2D eigenvalue weighted by molar-refractivity contribution is 0.0523. The molecule has 30 heavy (non-hydrogen) atoms. The molecule has 1 aromatic carbocycles. The summed E-state index contributed by atoms with van der Waals surface area (Å²) >= 11 is 0. The number of carbonyl (C=O) groups is 1. The van der Waals surface area contributed by atoms with Crippen molar-refractivity contribution in [2.75, 3.05) is 39.9 Å². The number of piperazine rings is 1. The van der Waals surface area contributed by atoms with Crippen LogP contribution in [0.15, 0.2) is 40.2 Å². The average molecular weight is 435 g/mol. The highest BCUT2D eigenvalue weighted by atomic mass is 32.2. The first-order chi connectivity index (χ1) is 14.4. The molecule has 9 nitrogen and oxygen atoms in total. The van der Waals surface area contributed by atoms with E-state index in [9.17, 15) is 13.8 Å². The van der Waals surface area contributed by atoms with Gasteiger partial charge in [0.2, 0.25) is 0 Å². The van der Waals surface area contributed by atoms with Crippen LogP contribution in [-0.4, -0.2) is 69.2 Å². The third-order valence-electron chi connectivity index (χ3n) is 5.03. The number of aromatic amines is 1. The van der Waals surface area contributed by atoms with E-state index in [1.807, 2.05) is 23.4 Å². The standard InChI is InChI=1S/C20H26N4O5S/c1-4-29-20(26)17-13-21-18(22-19(17)25)14(2)23-9-11-24(12-10-23)30(27)16-7-5-15(28-3)6-8-16/h5-8,13-14H,4,9-12H2,1-3H3,(H,21,22,25). The summed E-state index contributed by atoms with van der Waals surface area (Å²) in [5, 5.41) is 0. The van der Waals surface area contributed by atoms with Crippen molar-refractivity contribution in [3.63, 3.8) is 0 Å². The normalized spacial score (nSPS) is 17.3. The number of hydrogen-bond acceptors (Lipinski definition) is 7. The topological polar surface area (TPSA) is 105 Å². The van der Waals surface area contributed by atoms with Crippen molar-refractivity contribution >= 4 is 17.0 Å². The maximum Gasteiger partial charge on any atom is 0.345 e. The average Bonchev–Trinajstić information content (AvgIpc) is 2.78. The molecule has 162 valence electrons. The highest BCUT2D eigenvalue weighted by Crippen LogP contribution is 2.21. The fraction of sp³-hybridized carbons (Fsp3) is 0.450. The minimum Gasteiger partial charge on any atom is -0.497 e. The van der Waals surface area contributed by atoms with Gasteiger partial charge in [-0.2, -0.15) is 0 Å². The maximum atomic E-state index is 12.8. The number of esters is 1. The van der Waals surface area contributed by atoms with Gasteiger partial charge in [-0.05, 0) is 38.1 Å². The molecule has 1 aliphatic heterocycles. The van der Waals surface area contributed by atoms with Crippen LogP contribution in [0.1, 0.15) is 36.1 Å². The van der Waals surface area contributed by atoms with Crippen molar-refractivity contribution in [3.05, 3.63) is 52.2 Å². The molecule has 1 fully saturated rings. The van der Waals surface area contributed by atoms with Crippen LogP contribution in [-0.2, 0) is 15.7 Å². The van der Waals surface area contributed by atoms with Crippen molar-refractivity contribution in [1.82, 2.24) is 19.2 Å². The minimum atomic E-state index is -1.24. The molecule has 0 saturated carbocycles. The second-order valence-electron chi connectivity index (χ2n) is 6.80. The molecule has 1 saturated heterocycles. The van der Waals surface area contributed by atoms with Gasteiger partial charge in [0.15, 0.2) is 0 Å². The quantitative estimate of drug-likeness (QED) is 0.656. The summed E-state index contributed by atoms with van der Waals surface area (Å²) < 4.78 is 24.7. The maximum absolute atomic E-state index is 12.8. The van der Waals surface area contributed by atoms with E-state index in [1.54, 1.807) is 26.2 Å². The number of nitrogens with one attached hydrogen (secondary N) is 1. The molecule has 1 aromatic heterocycles. The molecule has 0 aliphatic carbocycles. The first kappa shape index (κ1) is 22.1. The molecule has 2 heterocycles. The van der Waals surface area contributed by atoms with Gasteiger partial charge in [-0.25, -0.2) is 18.3 Å². The summed E-state index contributed by atoms with van der Waals surface area (Å²) in [5.41, 5.74) is -0.614. The molecular weight excluding hydrogens is 408 g/mol. The highest BCUT2D eigenvalue weighted by Gasteiger charge is 2.27. The van der Waals surface area contributed by atoms with E-state index in [0.29, 0.717) is 32.0 Å². The zero-order valence-electron chi connectivity index (χ0n) is 17.3. The summed E-state index contributed by atoms with van der Waals surface area (Å²) in [6.07, 6.45) is 1.26. The summed E-state index contributed by atoms with van der Waals surface area (Å²) in [6, 6.07) is 7.07. The van der Waals surface area contributed by atoms with Gasteiger partial charge in [-0.1, -0.05) is 0 Å². The number of ether oxygens (including phenoxy) is 2. The van der Waals surface area contributed by atoms with Crippen LogP contribution in [0.2, 0.25) is 0 Å². The Labute approximate surface area is 177 Å². The molecule has 0 spiro atoms. The largest absolute Gasteiger partial charge is 0.497 e. The third-order valence-corrected chi connectivity index (χ3v) is 6.54. The molecule has 1 aliphatic rings. The van der Waals surface area contributed by atoms with E-state index in [1.165, 1.54) is 6.20 Å². The first-order valence-corrected chi connectivity index (χ1v) is 10.9. The number of carbonyl (C=O) groups excluding carboxylic acids is 1. The Hall–Kier alpha value is -2.56. The summed E-state index contributed by atoms with van der Waals surface area (Å²) in [5.74, 6) is 0.530. The molecule has 10 heteroatoms. The predicted octanol–water partition coefficient (Wildman–Crippen LogP) is 1.36. The number of hydrogen-bond donors (Lipinski definition) is 1. The number of methoxy groups -OCH3 is 1.